The Balaban J connectivity index is 2.40. The van der Waals surface area contributed by atoms with Crippen LogP contribution in [0.4, 0.5) is 14.5 Å². The van der Waals surface area contributed by atoms with Crippen molar-refractivity contribution in [1.82, 2.24) is 0 Å². The molecule has 0 aromatic heterocycles. The minimum Gasteiger partial charge on any atom is -0.479 e. The van der Waals surface area contributed by atoms with Crippen LogP contribution in [0.3, 0.4) is 0 Å². The predicted molar refractivity (Wildman–Crippen MR) is 71.5 cm³/mol. The molecule has 2 rings (SSSR count). The van der Waals surface area contributed by atoms with E-state index in [1.165, 1.54) is 30.3 Å². The number of hydrogen-bond donors (Lipinski definition) is 2. The van der Waals surface area contributed by atoms with Gasteiger partial charge < -0.3 is 10.4 Å². The Morgan fingerprint density at radius 2 is 1.90 bits per heavy atom. The molecule has 0 radical (unpaired) electrons. The summed E-state index contributed by atoms with van der Waals surface area (Å²) in [6.45, 7) is 1.67. The zero-order chi connectivity index (χ0) is 14.7. The average Bonchev–Trinajstić information content (AvgIpc) is 2.40. The molecule has 0 amide bonds. The van der Waals surface area contributed by atoms with Crippen molar-refractivity contribution in [3.63, 3.8) is 0 Å². The van der Waals surface area contributed by atoms with Gasteiger partial charge in [0.25, 0.3) is 0 Å². The van der Waals surface area contributed by atoms with Crippen molar-refractivity contribution in [3.05, 3.63) is 65.2 Å². The van der Waals surface area contributed by atoms with Gasteiger partial charge in [-0.05, 0) is 42.3 Å². The summed E-state index contributed by atoms with van der Waals surface area (Å²) in [7, 11) is 0. The lowest BCUT2D eigenvalue weighted by atomic mass is 10.0. The number of anilines is 1. The van der Waals surface area contributed by atoms with Gasteiger partial charge in [-0.2, -0.15) is 0 Å². The molecule has 2 aromatic carbocycles. The van der Waals surface area contributed by atoms with E-state index in [1.807, 2.05) is 0 Å². The van der Waals surface area contributed by atoms with Crippen LogP contribution >= 0.6 is 0 Å². The van der Waals surface area contributed by atoms with Gasteiger partial charge in [0.05, 0.1) is 5.69 Å². The van der Waals surface area contributed by atoms with Gasteiger partial charge in [0.1, 0.15) is 11.6 Å². The lowest BCUT2D eigenvalue weighted by Gasteiger charge is -2.18. The Bertz CT molecular complexity index is 644. The monoisotopic (exact) mass is 277 g/mol. The van der Waals surface area contributed by atoms with Crippen molar-refractivity contribution < 1.29 is 18.7 Å². The van der Waals surface area contributed by atoms with Crippen molar-refractivity contribution in [2.24, 2.45) is 0 Å². The van der Waals surface area contributed by atoms with Gasteiger partial charge in [0, 0.05) is 0 Å². The summed E-state index contributed by atoms with van der Waals surface area (Å²) in [5, 5.41) is 11.9. The molecule has 0 spiro atoms. The molecule has 0 fully saturated rings. The molecule has 0 saturated heterocycles. The van der Waals surface area contributed by atoms with E-state index in [4.69, 9.17) is 0 Å². The molecule has 20 heavy (non-hydrogen) atoms. The van der Waals surface area contributed by atoms with Gasteiger partial charge in [0.15, 0.2) is 6.04 Å². The fraction of sp³-hybridized carbons (Fsp3) is 0.133. The molecular weight excluding hydrogens is 264 g/mol. The van der Waals surface area contributed by atoms with E-state index in [9.17, 15) is 18.7 Å². The van der Waals surface area contributed by atoms with Crippen molar-refractivity contribution in [3.8, 4) is 0 Å². The number of rotatable bonds is 4. The van der Waals surface area contributed by atoms with Gasteiger partial charge in [0.2, 0.25) is 0 Å². The lowest BCUT2D eigenvalue weighted by molar-refractivity contribution is -0.138. The smallest absolute Gasteiger partial charge is 0.330 e. The number of halogens is 2. The highest BCUT2D eigenvalue weighted by atomic mass is 19.1. The van der Waals surface area contributed by atoms with Gasteiger partial charge in [-0.1, -0.05) is 18.2 Å². The third kappa shape index (κ3) is 2.93. The Morgan fingerprint density at radius 3 is 2.55 bits per heavy atom. The molecule has 3 nitrogen and oxygen atoms in total. The fourth-order valence-electron chi connectivity index (χ4n) is 1.93. The molecule has 1 unspecified atom stereocenters. The molecule has 104 valence electrons. The summed E-state index contributed by atoms with van der Waals surface area (Å²) < 4.78 is 26.9. The highest BCUT2D eigenvalue weighted by Crippen LogP contribution is 2.25. The lowest BCUT2D eigenvalue weighted by Crippen LogP contribution is -2.22. The number of aliphatic carboxylic acids is 1. The van der Waals surface area contributed by atoms with E-state index in [-0.39, 0.29) is 11.3 Å². The number of aryl methyl sites for hydroxylation is 1. The van der Waals surface area contributed by atoms with Crippen LogP contribution < -0.4 is 5.32 Å². The first-order valence-electron chi connectivity index (χ1n) is 5.99. The first-order valence-corrected chi connectivity index (χ1v) is 5.99. The first-order chi connectivity index (χ1) is 9.49. The molecule has 5 heteroatoms. The molecule has 0 aliphatic carbocycles. The SMILES string of the molecule is Cc1ccc(F)cc1C(Nc1ccccc1F)C(=O)O. The van der Waals surface area contributed by atoms with E-state index in [0.717, 1.165) is 6.07 Å². The van der Waals surface area contributed by atoms with Crippen LogP contribution in [0.5, 0.6) is 0 Å². The highest BCUT2D eigenvalue weighted by molar-refractivity contribution is 5.79. The Kier molecular flexibility index (Phi) is 3.98. The van der Waals surface area contributed by atoms with E-state index >= 15 is 0 Å². The van der Waals surface area contributed by atoms with Crippen LogP contribution in [-0.2, 0) is 4.79 Å². The number of carbonyl (C=O) groups is 1. The van der Waals surface area contributed by atoms with Crippen molar-refractivity contribution in [1.29, 1.82) is 0 Å². The summed E-state index contributed by atoms with van der Waals surface area (Å²) in [4.78, 5) is 11.4. The minimum atomic E-state index is -1.22. The minimum absolute atomic E-state index is 0.0589. The van der Waals surface area contributed by atoms with Gasteiger partial charge in [-0.15, -0.1) is 0 Å². The molecule has 0 saturated carbocycles. The van der Waals surface area contributed by atoms with E-state index in [1.54, 1.807) is 13.0 Å². The normalized spacial score (nSPS) is 11.9. The second-order valence-corrected chi connectivity index (χ2v) is 4.40. The van der Waals surface area contributed by atoms with Crippen molar-refractivity contribution in [2.75, 3.05) is 5.32 Å². The summed E-state index contributed by atoms with van der Waals surface area (Å²) in [5.41, 5.74) is 0.937. The third-order valence-corrected chi connectivity index (χ3v) is 2.97. The third-order valence-electron chi connectivity index (χ3n) is 2.97. The molecule has 0 aliphatic heterocycles. The number of carboxylic acid groups (broad SMARTS) is 1. The molecular formula is C15H13F2NO2. The van der Waals surface area contributed by atoms with Crippen LogP contribution in [0.2, 0.25) is 0 Å². The molecule has 0 heterocycles. The number of nitrogens with one attached hydrogen (secondary N) is 1. The fourth-order valence-corrected chi connectivity index (χ4v) is 1.93. The molecule has 2 N–H and O–H groups in total. The summed E-state index contributed by atoms with van der Waals surface area (Å²) in [6.07, 6.45) is 0. The van der Waals surface area contributed by atoms with Gasteiger partial charge in [-0.25, -0.2) is 13.6 Å². The van der Waals surface area contributed by atoms with E-state index in [2.05, 4.69) is 5.32 Å². The number of carboxylic acids is 1. The zero-order valence-electron chi connectivity index (χ0n) is 10.7. The zero-order valence-corrected chi connectivity index (χ0v) is 10.7. The molecule has 0 bridgehead atoms. The molecule has 2 aromatic rings. The van der Waals surface area contributed by atoms with Crippen molar-refractivity contribution >= 4 is 11.7 Å². The largest absolute Gasteiger partial charge is 0.479 e. The van der Waals surface area contributed by atoms with Crippen LogP contribution in [0.25, 0.3) is 0 Å². The maximum Gasteiger partial charge on any atom is 0.330 e. The molecule has 0 aliphatic rings. The summed E-state index contributed by atoms with van der Waals surface area (Å²) in [5.74, 6) is -2.30. The maximum atomic E-state index is 13.6. The van der Waals surface area contributed by atoms with Gasteiger partial charge >= 0.3 is 5.97 Å². The first kappa shape index (κ1) is 14.0. The van der Waals surface area contributed by atoms with Crippen LogP contribution in [0, 0.1) is 18.6 Å². The average molecular weight is 277 g/mol. The van der Waals surface area contributed by atoms with Gasteiger partial charge in [-0.3, -0.25) is 0 Å². The standard InChI is InChI=1S/C15H13F2NO2/c1-9-6-7-10(16)8-11(9)14(15(19)20)18-13-5-3-2-4-12(13)17/h2-8,14,18H,1H3,(H,19,20). The molecule has 1 atom stereocenters. The highest BCUT2D eigenvalue weighted by Gasteiger charge is 2.23. The maximum absolute atomic E-state index is 13.6. The quantitative estimate of drug-likeness (QED) is 0.899. The Hall–Kier alpha value is -2.43. The summed E-state index contributed by atoms with van der Waals surface area (Å²) >= 11 is 0. The number of benzene rings is 2. The van der Waals surface area contributed by atoms with E-state index in [0.29, 0.717) is 5.56 Å². The van der Waals surface area contributed by atoms with Crippen LogP contribution in [0.15, 0.2) is 42.5 Å². The number of para-hydroxylation sites is 1. The number of hydrogen-bond acceptors (Lipinski definition) is 2. The second-order valence-electron chi connectivity index (χ2n) is 4.40. The van der Waals surface area contributed by atoms with E-state index < -0.39 is 23.6 Å². The second kappa shape index (κ2) is 5.69. The topological polar surface area (TPSA) is 49.3 Å². The predicted octanol–water partition coefficient (Wildman–Crippen LogP) is 3.51. The van der Waals surface area contributed by atoms with Crippen LogP contribution in [-0.4, -0.2) is 11.1 Å². The summed E-state index contributed by atoms with van der Waals surface area (Å²) in [6, 6.07) is 8.40. The Labute approximate surface area is 114 Å². The van der Waals surface area contributed by atoms with Crippen molar-refractivity contribution in [2.45, 2.75) is 13.0 Å². The van der Waals surface area contributed by atoms with Crippen LogP contribution in [0.1, 0.15) is 17.2 Å². The Morgan fingerprint density at radius 1 is 1.20 bits per heavy atom.